The largest absolute Gasteiger partial charge is 0.469 e. The molecule has 3 N–H and O–H groups in total. The molecular formula is C26H27N5O3. The van der Waals surface area contributed by atoms with Gasteiger partial charge in [0.25, 0.3) is 0 Å². The van der Waals surface area contributed by atoms with E-state index < -0.39 is 0 Å². The summed E-state index contributed by atoms with van der Waals surface area (Å²) in [5, 5.41) is 7.23. The number of hydrogen-bond donors (Lipinski definition) is 3. The first-order chi connectivity index (χ1) is 16.5. The Bertz CT molecular complexity index is 1270. The number of nitrogens with one attached hydrogen (secondary N) is 3. The van der Waals surface area contributed by atoms with E-state index in [4.69, 9.17) is 0 Å². The van der Waals surface area contributed by atoms with Crippen LogP contribution in [0.3, 0.4) is 0 Å². The Morgan fingerprint density at radius 2 is 1.79 bits per heavy atom. The molecule has 4 rings (SSSR count). The molecule has 1 unspecified atom stereocenters. The second kappa shape index (κ2) is 10.6. The zero-order chi connectivity index (χ0) is 23.9. The summed E-state index contributed by atoms with van der Waals surface area (Å²) in [4.78, 5) is 35.4. The van der Waals surface area contributed by atoms with Crippen molar-refractivity contribution in [2.75, 3.05) is 17.7 Å². The maximum Gasteiger partial charge on any atom is 0.305 e. The number of esters is 1. The maximum absolute atomic E-state index is 12.1. The molecule has 0 aliphatic rings. The van der Waals surface area contributed by atoms with Gasteiger partial charge in [-0.15, -0.1) is 0 Å². The maximum atomic E-state index is 12.1. The molecular weight excluding hydrogens is 430 g/mol. The van der Waals surface area contributed by atoms with E-state index in [0.29, 0.717) is 12.1 Å². The number of carbonyl (C=O) groups is 2. The SMILES string of the molecule is COC(=O)CCCC(=O)Nc1ccc(-c2cc3c(NC(C)c4ccccc4)ncnc3[nH]2)cc1. The van der Waals surface area contributed by atoms with E-state index in [-0.39, 0.29) is 30.8 Å². The van der Waals surface area contributed by atoms with Crippen LogP contribution in [0.2, 0.25) is 0 Å². The Kier molecular flexibility index (Phi) is 7.17. The standard InChI is InChI=1S/C26H27N5O3/c1-17(18-7-4-3-5-8-18)29-25-21-15-22(31-26(21)28-16-27-25)19-11-13-20(14-12-19)30-23(32)9-6-10-24(33)34-2/h3-5,7-8,11-17H,6,9-10H2,1-2H3,(H,30,32)(H2,27,28,29,31). The van der Waals surface area contributed by atoms with Crippen molar-refractivity contribution in [1.29, 1.82) is 0 Å². The van der Waals surface area contributed by atoms with Gasteiger partial charge in [-0.3, -0.25) is 9.59 Å². The van der Waals surface area contributed by atoms with Crippen LogP contribution in [0.4, 0.5) is 11.5 Å². The van der Waals surface area contributed by atoms with Crippen molar-refractivity contribution in [3.63, 3.8) is 0 Å². The number of ether oxygens (including phenoxy) is 1. The first-order valence-corrected chi connectivity index (χ1v) is 11.2. The normalized spacial score (nSPS) is 11.7. The Labute approximate surface area is 197 Å². The minimum Gasteiger partial charge on any atom is -0.469 e. The van der Waals surface area contributed by atoms with Crippen LogP contribution in [-0.2, 0) is 14.3 Å². The molecule has 0 aliphatic heterocycles. The lowest BCUT2D eigenvalue weighted by Gasteiger charge is -2.15. The van der Waals surface area contributed by atoms with Gasteiger partial charge in [0.2, 0.25) is 5.91 Å². The molecule has 8 nitrogen and oxygen atoms in total. The summed E-state index contributed by atoms with van der Waals surface area (Å²) >= 11 is 0. The lowest BCUT2D eigenvalue weighted by atomic mass is 10.1. The zero-order valence-electron chi connectivity index (χ0n) is 19.2. The second-order valence-corrected chi connectivity index (χ2v) is 8.00. The Balaban J connectivity index is 1.44. The minimum absolute atomic E-state index is 0.0909. The molecule has 0 saturated carbocycles. The number of fused-ring (bicyclic) bond motifs is 1. The highest BCUT2D eigenvalue weighted by molar-refractivity contribution is 5.93. The van der Waals surface area contributed by atoms with Crippen molar-refractivity contribution in [2.24, 2.45) is 0 Å². The van der Waals surface area contributed by atoms with E-state index in [1.54, 1.807) is 6.33 Å². The predicted molar refractivity (Wildman–Crippen MR) is 132 cm³/mol. The number of aromatic amines is 1. The van der Waals surface area contributed by atoms with Gasteiger partial charge in [-0.1, -0.05) is 42.5 Å². The number of rotatable bonds is 9. The summed E-state index contributed by atoms with van der Waals surface area (Å²) in [5.41, 5.74) is 4.48. The molecule has 0 aliphatic carbocycles. The van der Waals surface area contributed by atoms with E-state index >= 15 is 0 Å². The van der Waals surface area contributed by atoms with Gasteiger partial charge in [0.1, 0.15) is 17.8 Å². The van der Waals surface area contributed by atoms with Crippen LogP contribution in [0.1, 0.15) is 37.8 Å². The second-order valence-electron chi connectivity index (χ2n) is 8.00. The number of benzene rings is 2. The molecule has 0 radical (unpaired) electrons. The Morgan fingerprint density at radius 1 is 1.03 bits per heavy atom. The van der Waals surface area contributed by atoms with Gasteiger partial charge >= 0.3 is 5.97 Å². The molecule has 0 fully saturated rings. The average Bonchev–Trinajstić information content (AvgIpc) is 3.30. The van der Waals surface area contributed by atoms with Crippen LogP contribution in [0, 0.1) is 0 Å². The van der Waals surface area contributed by atoms with Gasteiger partial charge in [-0.2, -0.15) is 0 Å². The van der Waals surface area contributed by atoms with Crippen LogP contribution >= 0.6 is 0 Å². The van der Waals surface area contributed by atoms with Crippen LogP contribution in [0.25, 0.3) is 22.3 Å². The highest BCUT2D eigenvalue weighted by Gasteiger charge is 2.13. The van der Waals surface area contributed by atoms with Gasteiger partial charge in [-0.25, -0.2) is 9.97 Å². The molecule has 2 aromatic carbocycles. The first-order valence-electron chi connectivity index (χ1n) is 11.2. The van der Waals surface area contributed by atoms with Crippen LogP contribution < -0.4 is 10.6 Å². The van der Waals surface area contributed by atoms with Gasteiger partial charge < -0.3 is 20.4 Å². The Hall–Kier alpha value is -4.20. The summed E-state index contributed by atoms with van der Waals surface area (Å²) in [6, 6.07) is 19.9. The summed E-state index contributed by atoms with van der Waals surface area (Å²) in [6.07, 6.45) is 2.48. The lowest BCUT2D eigenvalue weighted by molar-refractivity contribution is -0.140. The number of methoxy groups -OCH3 is 1. The summed E-state index contributed by atoms with van der Waals surface area (Å²) in [6.45, 7) is 2.10. The third-order valence-corrected chi connectivity index (χ3v) is 5.57. The topological polar surface area (TPSA) is 109 Å². The molecule has 4 aromatic rings. The molecule has 2 aromatic heterocycles. The van der Waals surface area contributed by atoms with Crippen LogP contribution in [-0.4, -0.2) is 33.9 Å². The smallest absolute Gasteiger partial charge is 0.305 e. The van der Waals surface area contributed by atoms with E-state index in [1.807, 2.05) is 48.5 Å². The number of anilines is 2. The van der Waals surface area contributed by atoms with Crippen molar-refractivity contribution in [3.05, 3.63) is 72.6 Å². The van der Waals surface area contributed by atoms with E-state index in [2.05, 4.69) is 49.4 Å². The van der Waals surface area contributed by atoms with E-state index in [0.717, 1.165) is 28.1 Å². The molecule has 0 bridgehead atoms. The highest BCUT2D eigenvalue weighted by Crippen LogP contribution is 2.29. The van der Waals surface area contributed by atoms with Gasteiger partial charge in [0, 0.05) is 30.3 Å². The first kappa shape index (κ1) is 23.0. The van der Waals surface area contributed by atoms with Crippen molar-refractivity contribution in [2.45, 2.75) is 32.2 Å². The van der Waals surface area contributed by atoms with Crippen LogP contribution in [0.5, 0.6) is 0 Å². The van der Waals surface area contributed by atoms with Crippen molar-refractivity contribution in [1.82, 2.24) is 15.0 Å². The quantitative estimate of drug-likeness (QED) is 0.303. The monoisotopic (exact) mass is 457 g/mol. The third-order valence-electron chi connectivity index (χ3n) is 5.57. The third kappa shape index (κ3) is 5.58. The van der Waals surface area contributed by atoms with Crippen molar-refractivity contribution < 1.29 is 14.3 Å². The number of amides is 1. The highest BCUT2D eigenvalue weighted by atomic mass is 16.5. The van der Waals surface area contributed by atoms with Gasteiger partial charge in [-0.05, 0) is 42.7 Å². The average molecular weight is 458 g/mol. The fraction of sp³-hybridized carbons (Fsp3) is 0.231. The molecule has 2 heterocycles. The summed E-state index contributed by atoms with van der Waals surface area (Å²) in [5.74, 6) is 0.313. The molecule has 0 saturated heterocycles. The molecule has 34 heavy (non-hydrogen) atoms. The van der Waals surface area contributed by atoms with Crippen LogP contribution in [0.15, 0.2) is 67.0 Å². The molecule has 8 heteroatoms. The number of aromatic nitrogens is 3. The molecule has 1 amide bonds. The summed E-state index contributed by atoms with van der Waals surface area (Å²) in [7, 11) is 1.34. The fourth-order valence-electron chi connectivity index (χ4n) is 3.69. The zero-order valence-corrected chi connectivity index (χ0v) is 19.2. The lowest BCUT2D eigenvalue weighted by Crippen LogP contribution is -2.12. The van der Waals surface area contributed by atoms with Crippen molar-refractivity contribution in [3.8, 4) is 11.3 Å². The summed E-state index contributed by atoms with van der Waals surface area (Å²) < 4.78 is 4.59. The number of hydrogen-bond acceptors (Lipinski definition) is 6. The Morgan fingerprint density at radius 3 is 2.53 bits per heavy atom. The number of carbonyl (C=O) groups excluding carboxylic acids is 2. The molecule has 1 atom stereocenters. The van der Waals surface area contributed by atoms with E-state index in [9.17, 15) is 9.59 Å². The van der Waals surface area contributed by atoms with Gasteiger partial charge in [0.05, 0.1) is 12.5 Å². The van der Waals surface area contributed by atoms with Crippen molar-refractivity contribution >= 4 is 34.4 Å². The molecule has 174 valence electrons. The predicted octanol–water partition coefficient (Wildman–Crippen LogP) is 5.08. The fourth-order valence-corrected chi connectivity index (χ4v) is 3.69. The molecule has 0 spiro atoms. The number of nitrogens with zero attached hydrogens (tertiary/aromatic N) is 2. The van der Waals surface area contributed by atoms with E-state index in [1.165, 1.54) is 12.7 Å². The minimum atomic E-state index is -0.312. The number of H-pyrrole nitrogens is 1. The van der Waals surface area contributed by atoms with Gasteiger partial charge in [0.15, 0.2) is 0 Å².